The summed E-state index contributed by atoms with van der Waals surface area (Å²) in [5.41, 5.74) is 0. The minimum atomic E-state index is -2.90. The molecule has 0 radical (unpaired) electrons. The first-order chi connectivity index (χ1) is 7.44. The van der Waals surface area contributed by atoms with Crippen molar-refractivity contribution < 1.29 is 13.2 Å². The standard InChI is InChI=1S/C10H16N2O3S/c1-3-5-11-10(13)7-12(2)9-4-6-16(14,15)8-9/h1,9H,4-8H2,2H3,(H,11,13). The van der Waals surface area contributed by atoms with E-state index in [-0.39, 0.29) is 36.5 Å². The Morgan fingerprint density at radius 1 is 1.62 bits per heavy atom. The molecule has 90 valence electrons. The zero-order chi connectivity index (χ0) is 12.2. The zero-order valence-corrected chi connectivity index (χ0v) is 10.1. The van der Waals surface area contributed by atoms with Gasteiger partial charge in [-0.25, -0.2) is 8.42 Å². The maximum atomic E-state index is 11.3. The Balaban J connectivity index is 2.39. The molecule has 0 aromatic heterocycles. The minimum absolute atomic E-state index is 0.0541. The summed E-state index contributed by atoms with van der Waals surface area (Å²) in [4.78, 5) is 13.1. The van der Waals surface area contributed by atoms with Gasteiger partial charge in [-0.05, 0) is 13.5 Å². The van der Waals surface area contributed by atoms with Crippen molar-refractivity contribution in [1.82, 2.24) is 10.2 Å². The maximum Gasteiger partial charge on any atom is 0.234 e. The van der Waals surface area contributed by atoms with Crippen LogP contribution in [0.4, 0.5) is 0 Å². The van der Waals surface area contributed by atoms with E-state index in [0.717, 1.165) is 0 Å². The number of rotatable bonds is 4. The van der Waals surface area contributed by atoms with Gasteiger partial charge in [0.1, 0.15) is 0 Å². The molecule has 1 aliphatic rings. The average Bonchev–Trinajstić information content (AvgIpc) is 2.56. The number of terminal acetylenes is 1. The van der Waals surface area contributed by atoms with Gasteiger partial charge in [0.15, 0.2) is 9.84 Å². The lowest BCUT2D eigenvalue weighted by Gasteiger charge is -2.21. The van der Waals surface area contributed by atoms with Crippen LogP contribution >= 0.6 is 0 Å². The Morgan fingerprint density at radius 3 is 2.81 bits per heavy atom. The van der Waals surface area contributed by atoms with Gasteiger partial charge in [-0.3, -0.25) is 9.69 Å². The number of nitrogens with zero attached hydrogens (tertiary/aromatic N) is 1. The van der Waals surface area contributed by atoms with Gasteiger partial charge < -0.3 is 5.32 Å². The fourth-order valence-corrected chi connectivity index (χ4v) is 3.49. The molecule has 1 rings (SSSR count). The van der Waals surface area contributed by atoms with Crippen molar-refractivity contribution >= 4 is 15.7 Å². The number of hydrogen-bond donors (Lipinski definition) is 1. The average molecular weight is 244 g/mol. The molecule has 16 heavy (non-hydrogen) atoms. The summed E-state index contributed by atoms with van der Waals surface area (Å²) in [7, 11) is -1.15. The monoisotopic (exact) mass is 244 g/mol. The van der Waals surface area contributed by atoms with Crippen LogP contribution in [0.25, 0.3) is 0 Å². The molecule has 0 aromatic carbocycles. The number of amides is 1. The first-order valence-electron chi connectivity index (χ1n) is 5.05. The van der Waals surface area contributed by atoms with Crippen molar-refractivity contribution in [2.45, 2.75) is 12.5 Å². The molecule has 1 atom stereocenters. The highest BCUT2D eigenvalue weighted by atomic mass is 32.2. The Kier molecular flexibility index (Phi) is 4.33. The number of likely N-dealkylation sites (N-methyl/N-ethyl adjacent to an activating group) is 1. The van der Waals surface area contributed by atoms with E-state index in [0.29, 0.717) is 6.42 Å². The second-order valence-corrected chi connectivity index (χ2v) is 6.18. The van der Waals surface area contributed by atoms with Crippen molar-refractivity contribution in [2.75, 3.05) is 31.6 Å². The van der Waals surface area contributed by atoms with E-state index in [1.165, 1.54) is 0 Å². The van der Waals surface area contributed by atoms with Crippen molar-refractivity contribution in [1.29, 1.82) is 0 Å². The summed E-state index contributed by atoms with van der Waals surface area (Å²) in [5.74, 6) is 2.49. The summed E-state index contributed by atoms with van der Waals surface area (Å²) in [6.45, 7) is 0.386. The van der Waals surface area contributed by atoms with E-state index in [2.05, 4.69) is 11.2 Å². The molecule has 0 aromatic rings. The Labute approximate surface area is 96.1 Å². The third kappa shape index (κ3) is 3.83. The molecular formula is C10H16N2O3S. The molecule has 0 spiro atoms. The molecule has 6 heteroatoms. The highest BCUT2D eigenvalue weighted by molar-refractivity contribution is 7.91. The lowest BCUT2D eigenvalue weighted by atomic mass is 10.2. The van der Waals surface area contributed by atoms with E-state index in [9.17, 15) is 13.2 Å². The lowest BCUT2D eigenvalue weighted by Crippen LogP contribution is -2.41. The van der Waals surface area contributed by atoms with Crippen LogP contribution in [0.1, 0.15) is 6.42 Å². The molecular weight excluding hydrogens is 228 g/mol. The summed E-state index contributed by atoms with van der Waals surface area (Å²) < 4.78 is 22.5. The third-order valence-electron chi connectivity index (χ3n) is 2.61. The zero-order valence-electron chi connectivity index (χ0n) is 9.27. The number of nitrogens with one attached hydrogen (secondary N) is 1. The van der Waals surface area contributed by atoms with E-state index in [1.54, 1.807) is 11.9 Å². The normalized spacial score (nSPS) is 22.9. The molecule has 0 saturated carbocycles. The molecule has 1 heterocycles. The maximum absolute atomic E-state index is 11.3. The quantitative estimate of drug-likeness (QED) is 0.635. The first-order valence-corrected chi connectivity index (χ1v) is 6.87. The van der Waals surface area contributed by atoms with Gasteiger partial charge in [-0.15, -0.1) is 6.42 Å². The predicted octanol–water partition coefficient (Wildman–Crippen LogP) is -1.15. The van der Waals surface area contributed by atoms with Gasteiger partial charge in [0.2, 0.25) is 5.91 Å². The van der Waals surface area contributed by atoms with E-state index in [4.69, 9.17) is 6.42 Å². The largest absolute Gasteiger partial charge is 0.344 e. The van der Waals surface area contributed by atoms with Gasteiger partial charge in [0.25, 0.3) is 0 Å². The number of hydrogen-bond acceptors (Lipinski definition) is 4. The molecule has 1 saturated heterocycles. The Morgan fingerprint density at radius 2 is 2.31 bits per heavy atom. The van der Waals surface area contributed by atoms with E-state index in [1.807, 2.05) is 0 Å². The Bertz CT molecular complexity index is 397. The summed E-state index contributed by atoms with van der Waals surface area (Å²) >= 11 is 0. The van der Waals surface area contributed by atoms with E-state index < -0.39 is 9.84 Å². The van der Waals surface area contributed by atoms with Crippen LogP contribution in [-0.2, 0) is 14.6 Å². The Hall–Kier alpha value is -1.06. The van der Waals surface area contributed by atoms with Crippen LogP contribution in [0.3, 0.4) is 0 Å². The van der Waals surface area contributed by atoms with E-state index >= 15 is 0 Å². The summed E-state index contributed by atoms with van der Waals surface area (Å²) in [6, 6.07) is -0.0541. The van der Waals surface area contributed by atoms with Crippen LogP contribution in [0.15, 0.2) is 0 Å². The number of carbonyl (C=O) groups is 1. The molecule has 1 aliphatic heterocycles. The van der Waals surface area contributed by atoms with Crippen LogP contribution in [0, 0.1) is 12.3 Å². The summed E-state index contributed by atoms with van der Waals surface area (Å²) in [5, 5.41) is 2.54. The van der Waals surface area contributed by atoms with Gasteiger partial charge in [-0.1, -0.05) is 5.92 Å². The summed E-state index contributed by atoms with van der Waals surface area (Å²) in [6.07, 6.45) is 5.61. The van der Waals surface area contributed by atoms with Crippen LogP contribution < -0.4 is 5.32 Å². The first kappa shape index (κ1) is 13.0. The number of carbonyl (C=O) groups excluding carboxylic acids is 1. The molecule has 1 N–H and O–H groups in total. The SMILES string of the molecule is C#CCNC(=O)CN(C)C1CCS(=O)(=O)C1. The molecule has 0 aliphatic carbocycles. The van der Waals surface area contributed by atoms with Gasteiger partial charge in [0, 0.05) is 6.04 Å². The minimum Gasteiger partial charge on any atom is -0.344 e. The fourth-order valence-electron chi connectivity index (χ4n) is 1.68. The topological polar surface area (TPSA) is 66.5 Å². The van der Waals surface area contributed by atoms with Crippen LogP contribution in [-0.4, -0.2) is 56.9 Å². The molecule has 1 fully saturated rings. The van der Waals surface area contributed by atoms with Gasteiger partial charge >= 0.3 is 0 Å². The highest BCUT2D eigenvalue weighted by Crippen LogP contribution is 2.15. The molecule has 0 bridgehead atoms. The lowest BCUT2D eigenvalue weighted by molar-refractivity contribution is -0.122. The molecule has 5 nitrogen and oxygen atoms in total. The predicted molar refractivity (Wildman–Crippen MR) is 61.5 cm³/mol. The highest BCUT2D eigenvalue weighted by Gasteiger charge is 2.31. The van der Waals surface area contributed by atoms with Crippen molar-refractivity contribution in [3.8, 4) is 12.3 Å². The van der Waals surface area contributed by atoms with Crippen molar-refractivity contribution in [3.63, 3.8) is 0 Å². The molecule has 1 amide bonds. The molecule has 1 unspecified atom stereocenters. The van der Waals surface area contributed by atoms with Crippen LogP contribution in [0.2, 0.25) is 0 Å². The second-order valence-electron chi connectivity index (χ2n) is 3.95. The second kappa shape index (κ2) is 5.32. The third-order valence-corrected chi connectivity index (χ3v) is 4.36. The smallest absolute Gasteiger partial charge is 0.234 e. The fraction of sp³-hybridized carbons (Fsp3) is 0.700. The van der Waals surface area contributed by atoms with Crippen molar-refractivity contribution in [3.05, 3.63) is 0 Å². The van der Waals surface area contributed by atoms with Gasteiger partial charge in [0.05, 0.1) is 24.6 Å². The van der Waals surface area contributed by atoms with Gasteiger partial charge in [-0.2, -0.15) is 0 Å². The van der Waals surface area contributed by atoms with Crippen molar-refractivity contribution in [2.24, 2.45) is 0 Å². The number of sulfone groups is 1. The van der Waals surface area contributed by atoms with Crippen LogP contribution in [0.5, 0.6) is 0 Å².